The van der Waals surface area contributed by atoms with E-state index in [9.17, 15) is 19.2 Å². The number of fused-ring (bicyclic) bond motifs is 1. The van der Waals surface area contributed by atoms with Gasteiger partial charge in [-0.15, -0.1) is 23.7 Å². The molecule has 3 N–H and O–H groups in total. The van der Waals surface area contributed by atoms with Crippen LogP contribution in [0.2, 0.25) is 5.02 Å². The van der Waals surface area contributed by atoms with E-state index in [2.05, 4.69) is 35.8 Å². The first-order chi connectivity index (χ1) is 17.6. The van der Waals surface area contributed by atoms with Crippen molar-refractivity contribution in [2.75, 3.05) is 33.0 Å². The van der Waals surface area contributed by atoms with E-state index in [1.807, 2.05) is 7.05 Å². The van der Waals surface area contributed by atoms with Gasteiger partial charge in [0.1, 0.15) is 0 Å². The zero-order valence-electron chi connectivity index (χ0n) is 21.2. The van der Waals surface area contributed by atoms with Crippen molar-refractivity contribution in [3.63, 3.8) is 0 Å². The van der Waals surface area contributed by atoms with Crippen molar-refractivity contribution in [1.29, 1.82) is 0 Å². The summed E-state index contributed by atoms with van der Waals surface area (Å²) >= 11 is 7.10. The van der Waals surface area contributed by atoms with E-state index in [0.29, 0.717) is 24.3 Å². The van der Waals surface area contributed by atoms with Crippen LogP contribution in [0.3, 0.4) is 0 Å². The summed E-state index contributed by atoms with van der Waals surface area (Å²) < 4.78 is 0. The Hall–Kier alpha value is -2.87. The van der Waals surface area contributed by atoms with Crippen LogP contribution >= 0.6 is 35.3 Å². The molecule has 206 valence electrons. The number of anilines is 1. The number of nitrogens with zero attached hydrogens (tertiary/aromatic N) is 5. The highest BCUT2D eigenvalue weighted by Crippen LogP contribution is 2.28. The van der Waals surface area contributed by atoms with E-state index in [0.717, 1.165) is 30.1 Å². The zero-order valence-corrected chi connectivity index (χ0v) is 23.6. The van der Waals surface area contributed by atoms with Gasteiger partial charge < -0.3 is 20.4 Å². The molecule has 2 aromatic rings. The van der Waals surface area contributed by atoms with Crippen molar-refractivity contribution in [1.82, 2.24) is 35.4 Å². The van der Waals surface area contributed by atoms with Crippen LogP contribution < -0.4 is 16.0 Å². The Labute approximate surface area is 235 Å². The fourth-order valence-corrected chi connectivity index (χ4v) is 5.70. The molecule has 1 fully saturated rings. The van der Waals surface area contributed by atoms with Crippen LogP contribution in [0.5, 0.6) is 0 Å². The van der Waals surface area contributed by atoms with Gasteiger partial charge in [0.25, 0.3) is 5.91 Å². The summed E-state index contributed by atoms with van der Waals surface area (Å²) in [6.07, 6.45) is 4.61. The molecule has 0 saturated heterocycles. The second-order valence-electron chi connectivity index (χ2n) is 9.46. The minimum Gasteiger partial charge on any atom is -0.349 e. The van der Waals surface area contributed by atoms with Crippen LogP contribution in [0.1, 0.15) is 39.6 Å². The summed E-state index contributed by atoms with van der Waals surface area (Å²) in [4.78, 5) is 67.9. The molecule has 0 bridgehead atoms. The average molecular weight is 586 g/mol. The van der Waals surface area contributed by atoms with Crippen molar-refractivity contribution in [2.24, 2.45) is 5.92 Å². The van der Waals surface area contributed by atoms with Crippen LogP contribution in [-0.4, -0.2) is 88.2 Å². The molecular weight excluding hydrogens is 555 g/mol. The molecule has 1 aliphatic heterocycles. The highest BCUT2D eigenvalue weighted by atomic mass is 35.5. The molecule has 4 rings (SSSR count). The maximum absolute atomic E-state index is 13.2. The SMILES string of the molecule is CN1CCc2nc(C(=O)N[C@@H]3C[C@@H](C(=O)N(C)C)CC[C@@H]3NC(=O)C(=O)Nc3ncc(Cl)cn3)sc2C1.Cl. The highest BCUT2D eigenvalue weighted by molar-refractivity contribution is 7.13. The molecule has 3 heterocycles. The van der Waals surface area contributed by atoms with E-state index in [-0.39, 0.29) is 41.1 Å². The Morgan fingerprint density at radius 2 is 1.79 bits per heavy atom. The molecule has 3 atom stereocenters. The maximum atomic E-state index is 13.2. The van der Waals surface area contributed by atoms with Crippen LogP contribution in [0.15, 0.2) is 12.4 Å². The first kappa shape index (κ1) is 29.7. The lowest BCUT2D eigenvalue weighted by Gasteiger charge is -2.37. The number of thiazole rings is 1. The molecule has 1 aliphatic carbocycles. The van der Waals surface area contributed by atoms with Gasteiger partial charge in [-0.3, -0.25) is 24.5 Å². The second kappa shape index (κ2) is 12.8. The van der Waals surface area contributed by atoms with Crippen LogP contribution in [0.25, 0.3) is 0 Å². The quantitative estimate of drug-likeness (QED) is 0.442. The van der Waals surface area contributed by atoms with E-state index >= 15 is 0 Å². The largest absolute Gasteiger partial charge is 0.349 e. The topological polar surface area (TPSA) is 150 Å². The highest BCUT2D eigenvalue weighted by Gasteiger charge is 2.37. The van der Waals surface area contributed by atoms with E-state index < -0.39 is 23.9 Å². The van der Waals surface area contributed by atoms with Gasteiger partial charge in [-0.05, 0) is 26.3 Å². The third-order valence-corrected chi connectivity index (χ3v) is 7.72. The summed E-state index contributed by atoms with van der Waals surface area (Å²) in [6.45, 7) is 1.63. The number of carbonyl (C=O) groups is 4. The first-order valence-electron chi connectivity index (χ1n) is 11.9. The van der Waals surface area contributed by atoms with Gasteiger partial charge in [0.2, 0.25) is 11.9 Å². The molecule has 2 aromatic heterocycles. The Kier molecular flexibility index (Phi) is 9.99. The van der Waals surface area contributed by atoms with E-state index in [4.69, 9.17) is 11.6 Å². The number of amides is 4. The molecular formula is C23H30Cl2N8O4S. The lowest BCUT2D eigenvalue weighted by atomic mass is 9.81. The summed E-state index contributed by atoms with van der Waals surface area (Å²) in [7, 11) is 5.39. The van der Waals surface area contributed by atoms with E-state index in [1.54, 1.807) is 14.1 Å². The molecule has 1 saturated carbocycles. The number of aromatic nitrogens is 3. The average Bonchev–Trinajstić information content (AvgIpc) is 3.29. The summed E-state index contributed by atoms with van der Waals surface area (Å²) in [5.41, 5.74) is 0.934. The lowest BCUT2D eigenvalue weighted by Crippen LogP contribution is -2.57. The number of carbonyl (C=O) groups excluding carboxylic acids is 4. The minimum absolute atomic E-state index is 0. The van der Waals surface area contributed by atoms with Gasteiger partial charge >= 0.3 is 11.8 Å². The van der Waals surface area contributed by atoms with Crippen molar-refractivity contribution < 1.29 is 19.2 Å². The Bertz CT molecular complexity index is 1190. The summed E-state index contributed by atoms with van der Waals surface area (Å²) in [6, 6.07) is -1.12. The van der Waals surface area contributed by atoms with Crippen LogP contribution in [0, 0.1) is 5.92 Å². The van der Waals surface area contributed by atoms with Gasteiger partial charge in [-0.2, -0.15) is 0 Å². The Morgan fingerprint density at radius 3 is 2.47 bits per heavy atom. The number of halogens is 2. The molecule has 4 amide bonds. The molecule has 38 heavy (non-hydrogen) atoms. The first-order valence-corrected chi connectivity index (χ1v) is 13.1. The van der Waals surface area contributed by atoms with Crippen LogP contribution in [0.4, 0.5) is 5.95 Å². The molecule has 15 heteroatoms. The molecule has 12 nitrogen and oxygen atoms in total. The van der Waals surface area contributed by atoms with Gasteiger partial charge in [-0.1, -0.05) is 11.6 Å². The number of hydrogen-bond donors (Lipinski definition) is 3. The van der Waals surface area contributed by atoms with Crippen LogP contribution in [-0.2, 0) is 27.3 Å². The fourth-order valence-electron chi connectivity index (χ4n) is 4.51. The standard InChI is InChI=1S/C23H29ClN8O4S.ClH/c1-31(2)22(36)12-4-5-14(27-18(33)19(34)30-23-25-9-13(24)10-26-23)16(8-12)28-20(35)21-29-15-6-7-32(3)11-17(15)37-21;/h9-10,12,14,16H,4-8,11H2,1-3H3,(H,27,33)(H,28,35)(H,25,26,30,34);1H/t12-,14-,16+;/m0./s1. The zero-order chi connectivity index (χ0) is 26.7. The van der Waals surface area contributed by atoms with Gasteiger partial charge in [0.05, 0.1) is 29.2 Å². The second-order valence-corrected chi connectivity index (χ2v) is 11.0. The Balaban J connectivity index is 0.00000400. The number of nitrogens with one attached hydrogen (secondary N) is 3. The van der Waals surface area contributed by atoms with Crippen molar-refractivity contribution in [3.05, 3.63) is 33.0 Å². The third-order valence-electron chi connectivity index (χ3n) is 6.44. The van der Waals surface area contributed by atoms with Gasteiger partial charge in [0, 0.05) is 50.4 Å². The molecule has 0 spiro atoms. The van der Waals surface area contributed by atoms with Gasteiger partial charge in [-0.25, -0.2) is 15.0 Å². The molecule has 0 radical (unpaired) electrons. The van der Waals surface area contributed by atoms with Crippen molar-refractivity contribution in [2.45, 2.75) is 44.3 Å². The predicted octanol–water partition coefficient (Wildman–Crippen LogP) is 1.11. The number of likely N-dealkylation sites (N-methyl/N-ethyl adjacent to an activating group) is 1. The molecule has 0 unspecified atom stereocenters. The maximum Gasteiger partial charge on any atom is 0.316 e. The number of hydrogen-bond acceptors (Lipinski definition) is 9. The monoisotopic (exact) mass is 584 g/mol. The third kappa shape index (κ3) is 7.16. The molecule has 2 aliphatic rings. The fraction of sp³-hybridized carbons (Fsp3) is 0.522. The minimum atomic E-state index is -0.949. The predicted molar refractivity (Wildman–Crippen MR) is 144 cm³/mol. The molecule has 0 aromatic carbocycles. The summed E-state index contributed by atoms with van der Waals surface area (Å²) in [5, 5.41) is 8.64. The number of rotatable bonds is 5. The normalized spacial score (nSPS) is 20.9. The van der Waals surface area contributed by atoms with Crippen molar-refractivity contribution in [3.8, 4) is 0 Å². The van der Waals surface area contributed by atoms with E-state index in [1.165, 1.54) is 28.6 Å². The van der Waals surface area contributed by atoms with Crippen molar-refractivity contribution >= 4 is 64.9 Å². The summed E-state index contributed by atoms with van der Waals surface area (Å²) in [5.74, 6) is -2.63. The van der Waals surface area contributed by atoms with Gasteiger partial charge in [0.15, 0.2) is 5.01 Å². The Morgan fingerprint density at radius 1 is 1.08 bits per heavy atom. The lowest BCUT2D eigenvalue weighted by molar-refractivity contribution is -0.137. The smallest absolute Gasteiger partial charge is 0.316 e.